The molecule has 0 bridgehead atoms. The molecular weight excluding hydrogens is 192 g/mol. The van der Waals surface area contributed by atoms with Crippen LogP contribution in [0.5, 0.6) is 0 Å². The number of H-pyrrole nitrogens is 1. The van der Waals surface area contributed by atoms with E-state index in [0.717, 1.165) is 5.69 Å². The van der Waals surface area contributed by atoms with Crippen molar-refractivity contribution in [2.45, 2.75) is 6.54 Å². The lowest BCUT2D eigenvalue weighted by Gasteiger charge is -2.01. The van der Waals surface area contributed by atoms with Crippen molar-refractivity contribution in [3.8, 4) is 6.07 Å². The van der Waals surface area contributed by atoms with E-state index in [0.29, 0.717) is 18.1 Å². The topological polar surface area (TPSA) is 90.3 Å². The Morgan fingerprint density at radius 3 is 2.93 bits per heavy atom. The highest BCUT2D eigenvalue weighted by Crippen LogP contribution is 2.02. The van der Waals surface area contributed by atoms with Gasteiger partial charge in [0.2, 0.25) is 0 Å². The van der Waals surface area contributed by atoms with E-state index in [9.17, 15) is 0 Å². The fraction of sp³-hybridized carbons (Fsp3) is 0.111. The smallest absolute Gasteiger partial charge is 0.158 e. The van der Waals surface area contributed by atoms with Gasteiger partial charge in [0.15, 0.2) is 5.69 Å². The van der Waals surface area contributed by atoms with Crippen molar-refractivity contribution in [2.24, 2.45) is 0 Å². The van der Waals surface area contributed by atoms with E-state index >= 15 is 0 Å². The van der Waals surface area contributed by atoms with Gasteiger partial charge in [-0.3, -0.25) is 5.10 Å². The summed E-state index contributed by atoms with van der Waals surface area (Å²) in [7, 11) is 0. The zero-order valence-electron chi connectivity index (χ0n) is 7.81. The minimum absolute atomic E-state index is 0.307. The number of aromatic nitrogens is 4. The highest BCUT2D eigenvalue weighted by Gasteiger charge is 1.97. The molecule has 0 fully saturated rings. The Morgan fingerprint density at radius 1 is 1.40 bits per heavy atom. The third-order valence-corrected chi connectivity index (χ3v) is 1.78. The molecule has 74 valence electrons. The first-order chi connectivity index (χ1) is 7.38. The maximum Gasteiger partial charge on any atom is 0.158 e. The fourth-order valence-electron chi connectivity index (χ4n) is 1.05. The van der Waals surface area contributed by atoms with Crippen molar-refractivity contribution in [2.75, 3.05) is 5.32 Å². The van der Waals surface area contributed by atoms with Crippen LogP contribution in [0.4, 0.5) is 5.82 Å². The monoisotopic (exact) mass is 200 g/mol. The summed E-state index contributed by atoms with van der Waals surface area (Å²) >= 11 is 0. The summed E-state index contributed by atoms with van der Waals surface area (Å²) in [5, 5.41) is 18.2. The van der Waals surface area contributed by atoms with Crippen LogP contribution in [0.1, 0.15) is 11.4 Å². The second kappa shape index (κ2) is 4.19. The molecule has 0 unspecified atom stereocenters. The lowest BCUT2D eigenvalue weighted by Crippen LogP contribution is -2.02. The molecule has 0 aliphatic rings. The lowest BCUT2D eigenvalue weighted by molar-refractivity contribution is 0.970. The van der Waals surface area contributed by atoms with Gasteiger partial charge in [-0.05, 0) is 6.07 Å². The van der Waals surface area contributed by atoms with Gasteiger partial charge in [-0.25, -0.2) is 9.97 Å². The Labute approximate surface area is 86.0 Å². The van der Waals surface area contributed by atoms with Crippen molar-refractivity contribution >= 4 is 5.82 Å². The third-order valence-electron chi connectivity index (χ3n) is 1.78. The standard InChI is InChI=1S/C9H8N6/c10-3-8-5-13-9(6-11-8)12-4-7-1-2-14-15-7/h1-2,5-6H,4H2,(H,12,13)(H,14,15). The summed E-state index contributed by atoms with van der Waals surface area (Å²) in [5.74, 6) is 0.628. The Bertz CT molecular complexity index is 452. The predicted molar refractivity (Wildman–Crippen MR) is 52.7 cm³/mol. The number of nitrogens with one attached hydrogen (secondary N) is 2. The molecule has 0 saturated carbocycles. The number of hydrogen-bond donors (Lipinski definition) is 2. The van der Waals surface area contributed by atoms with Crippen LogP contribution >= 0.6 is 0 Å². The molecule has 0 aromatic carbocycles. The molecule has 0 saturated heterocycles. The van der Waals surface area contributed by atoms with Gasteiger partial charge in [0.25, 0.3) is 0 Å². The lowest BCUT2D eigenvalue weighted by atomic mass is 10.4. The van der Waals surface area contributed by atoms with Crippen molar-refractivity contribution in [1.29, 1.82) is 5.26 Å². The van der Waals surface area contributed by atoms with Crippen LogP contribution in [0, 0.1) is 11.3 Å². The van der Waals surface area contributed by atoms with E-state index in [4.69, 9.17) is 5.26 Å². The minimum atomic E-state index is 0.307. The maximum absolute atomic E-state index is 8.52. The van der Waals surface area contributed by atoms with E-state index in [1.165, 1.54) is 12.4 Å². The molecule has 0 spiro atoms. The summed E-state index contributed by atoms with van der Waals surface area (Å²) in [6.45, 7) is 0.598. The summed E-state index contributed by atoms with van der Waals surface area (Å²) in [6.07, 6.45) is 4.63. The van der Waals surface area contributed by atoms with Crippen LogP contribution < -0.4 is 5.32 Å². The average molecular weight is 200 g/mol. The van der Waals surface area contributed by atoms with E-state index in [-0.39, 0.29) is 0 Å². The number of aromatic amines is 1. The van der Waals surface area contributed by atoms with Gasteiger partial charge < -0.3 is 5.32 Å². The van der Waals surface area contributed by atoms with Crippen molar-refractivity contribution in [3.63, 3.8) is 0 Å². The van der Waals surface area contributed by atoms with E-state index < -0.39 is 0 Å². The predicted octanol–water partition coefficient (Wildman–Crippen LogP) is 0.683. The van der Waals surface area contributed by atoms with Crippen molar-refractivity contribution in [1.82, 2.24) is 20.2 Å². The Hall–Kier alpha value is -2.42. The first-order valence-corrected chi connectivity index (χ1v) is 4.33. The van der Waals surface area contributed by atoms with Crippen LogP contribution in [0.2, 0.25) is 0 Å². The summed E-state index contributed by atoms with van der Waals surface area (Å²) < 4.78 is 0. The number of nitrogens with zero attached hydrogens (tertiary/aromatic N) is 4. The average Bonchev–Trinajstić information content (AvgIpc) is 2.80. The van der Waals surface area contributed by atoms with E-state index in [2.05, 4.69) is 25.5 Å². The van der Waals surface area contributed by atoms with Gasteiger partial charge in [0.05, 0.1) is 24.6 Å². The molecule has 0 radical (unpaired) electrons. The quantitative estimate of drug-likeness (QED) is 0.760. The van der Waals surface area contributed by atoms with Gasteiger partial charge in [-0.1, -0.05) is 0 Å². The molecule has 15 heavy (non-hydrogen) atoms. The zero-order valence-corrected chi connectivity index (χ0v) is 7.81. The zero-order chi connectivity index (χ0) is 10.5. The molecule has 0 atom stereocenters. The largest absolute Gasteiger partial charge is 0.363 e. The van der Waals surface area contributed by atoms with Gasteiger partial charge >= 0.3 is 0 Å². The molecule has 2 heterocycles. The Kier molecular flexibility index (Phi) is 2.56. The van der Waals surface area contributed by atoms with Crippen LogP contribution in [-0.4, -0.2) is 20.2 Å². The van der Waals surface area contributed by atoms with E-state index in [1.54, 1.807) is 6.20 Å². The number of hydrogen-bond acceptors (Lipinski definition) is 5. The Morgan fingerprint density at radius 2 is 2.33 bits per heavy atom. The SMILES string of the molecule is N#Cc1cnc(NCc2ccn[nH]2)cn1. The number of rotatable bonds is 3. The molecule has 0 aliphatic heterocycles. The second-order valence-electron chi connectivity index (χ2n) is 2.83. The molecule has 2 aromatic heterocycles. The summed E-state index contributed by atoms with van der Waals surface area (Å²) in [6, 6.07) is 3.77. The molecule has 6 nitrogen and oxygen atoms in total. The van der Waals surface area contributed by atoms with Crippen LogP contribution in [0.3, 0.4) is 0 Å². The summed E-state index contributed by atoms with van der Waals surface area (Å²) in [4.78, 5) is 7.90. The maximum atomic E-state index is 8.52. The normalized spacial score (nSPS) is 9.53. The van der Waals surface area contributed by atoms with Gasteiger partial charge in [0.1, 0.15) is 11.9 Å². The second-order valence-corrected chi connectivity index (χ2v) is 2.83. The van der Waals surface area contributed by atoms with E-state index in [1.807, 2.05) is 12.1 Å². The highest BCUT2D eigenvalue weighted by atomic mass is 15.1. The molecular formula is C9H8N6. The van der Waals surface area contributed by atoms with Crippen LogP contribution in [0.15, 0.2) is 24.7 Å². The highest BCUT2D eigenvalue weighted by molar-refractivity contribution is 5.33. The first-order valence-electron chi connectivity index (χ1n) is 4.33. The first kappa shape index (κ1) is 9.15. The summed E-state index contributed by atoms with van der Waals surface area (Å²) in [5.41, 5.74) is 1.27. The van der Waals surface area contributed by atoms with Gasteiger partial charge in [-0.2, -0.15) is 10.4 Å². The van der Waals surface area contributed by atoms with Crippen LogP contribution in [0.25, 0.3) is 0 Å². The molecule has 2 rings (SSSR count). The van der Waals surface area contributed by atoms with Crippen molar-refractivity contribution < 1.29 is 0 Å². The third kappa shape index (κ3) is 2.28. The van der Waals surface area contributed by atoms with Gasteiger partial charge in [0, 0.05) is 6.20 Å². The molecule has 2 aromatic rings. The fourth-order valence-corrected chi connectivity index (χ4v) is 1.05. The van der Waals surface area contributed by atoms with Gasteiger partial charge in [-0.15, -0.1) is 0 Å². The minimum Gasteiger partial charge on any atom is -0.363 e. The molecule has 2 N–H and O–H groups in total. The number of anilines is 1. The molecule has 6 heteroatoms. The molecule has 0 aliphatic carbocycles. The van der Waals surface area contributed by atoms with Crippen molar-refractivity contribution in [3.05, 3.63) is 36.0 Å². The number of nitriles is 1. The van der Waals surface area contributed by atoms with Crippen LogP contribution in [-0.2, 0) is 6.54 Å². The molecule has 0 amide bonds. The Balaban J connectivity index is 1.97.